The normalized spacial score (nSPS) is 10.9. The number of ether oxygens (including phenoxy) is 1. The molecule has 0 spiro atoms. The van der Waals surface area contributed by atoms with Gasteiger partial charge in [-0.05, 0) is 48.6 Å². The Labute approximate surface area is 125 Å². The molecule has 0 saturated heterocycles. The lowest BCUT2D eigenvalue weighted by molar-refractivity contribution is 0.469. The fourth-order valence-corrected chi connectivity index (χ4v) is 2.27. The van der Waals surface area contributed by atoms with Crippen molar-refractivity contribution in [3.05, 3.63) is 52.0 Å². The molecule has 0 heterocycles. The van der Waals surface area contributed by atoms with Crippen LogP contribution in [0.2, 0.25) is 5.02 Å². The second-order valence-corrected chi connectivity index (χ2v) is 5.84. The third-order valence-electron chi connectivity index (χ3n) is 3.31. The van der Waals surface area contributed by atoms with Crippen LogP contribution in [0.15, 0.2) is 30.3 Å². The molecular weight excluding hydrogens is 270 g/mol. The van der Waals surface area contributed by atoms with Gasteiger partial charge in [0, 0.05) is 6.07 Å². The van der Waals surface area contributed by atoms with Crippen molar-refractivity contribution in [3.8, 4) is 11.5 Å². The van der Waals surface area contributed by atoms with E-state index < -0.39 is 0 Å². The minimum absolute atomic E-state index is 0.398. The van der Waals surface area contributed by atoms with Gasteiger partial charge < -0.3 is 10.5 Å². The van der Waals surface area contributed by atoms with E-state index in [1.807, 2.05) is 13.0 Å². The molecule has 2 N–H and O–H groups in total. The smallest absolute Gasteiger partial charge is 0.131 e. The second-order valence-electron chi connectivity index (χ2n) is 5.44. The first kappa shape index (κ1) is 14.7. The van der Waals surface area contributed by atoms with Gasteiger partial charge in [-0.1, -0.05) is 37.6 Å². The molecule has 0 atom stereocenters. The van der Waals surface area contributed by atoms with Gasteiger partial charge in [0.25, 0.3) is 0 Å². The van der Waals surface area contributed by atoms with Crippen LogP contribution in [0.1, 0.15) is 36.5 Å². The number of nitrogen functional groups attached to an aromatic ring is 1. The highest BCUT2D eigenvalue weighted by atomic mass is 35.5. The molecule has 0 bridgehead atoms. The number of aryl methyl sites for hydroxylation is 2. The molecule has 2 nitrogen and oxygen atoms in total. The van der Waals surface area contributed by atoms with Crippen molar-refractivity contribution in [2.45, 2.75) is 33.6 Å². The minimum Gasteiger partial charge on any atom is -0.457 e. The summed E-state index contributed by atoms with van der Waals surface area (Å²) in [7, 11) is 0. The molecule has 106 valence electrons. The molecule has 0 aliphatic heterocycles. The summed E-state index contributed by atoms with van der Waals surface area (Å²) in [5.41, 5.74) is 9.70. The molecule has 0 aliphatic rings. The molecule has 0 aromatic heterocycles. The molecule has 2 rings (SSSR count). The van der Waals surface area contributed by atoms with Gasteiger partial charge in [0.2, 0.25) is 0 Å². The van der Waals surface area contributed by atoms with E-state index >= 15 is 0 Å². The average molecular weight is 290 g/mol. The summed E-state index contributed by atoms with van der Waals surface area (Å²) in [6.07, 6.45) is 0. The fourth-order valence-electron chi connectivity index (χ4n) is 2.12. The Morgan fingerprint density at radius 3 is 2.40 bits per heavy atom. The summed E-state index contributed by atoms with van der Waals surface area (Å²) in [6, 6.07) is 9.88. The zero-order valence-electron chi connectivity index (χ0n) is 12.3. The third-order valence-corrected chi connectivity index (χ3v) is 3.63. The zero-order valence-corrected chi connectivity index (χ0v) is 13.1. The van der Waals surface area contributed by atoms with Crippen LogP contribution in [0, 0.1) is 13.8 Å². The monoisotopic (exact) mass is 289 g/mol. The highest BCUT2D eigenvalue weighted by Crippen LogP contribution is 2.35. The SMILES string of the molecule is Cc1ccc(C(C)C)c(Oc2cc(Cl)c(N)cc2C)c1. The van der Waals surface area contributed by atoms with Crippen LogP contribution in [-0.4, -0.2) is 0 Å². The van der Waals surface area contributed by atoms with E-state index in [2.05, 4.69) is 39.0 Å². The Hall–Kier alpha value is -1.67. The minimum atomic E-state index is 0.398. The van der Waals surface area contributed by atoms with Gasteiger partial charge >= 0.3 is 0 Å². The molecule has 2 aromatic carbocycles. The zero-order chi connectivity index (χ0) is 14.9. The van der Waals surface area contributed by atoms with Gasteiger partial charge in [0.1, 0.15) is 11.5 Å². The van der Waals surface area contributed by atoms with Crippen molar-refractivity contribution in [1.82, 2.24) is 0 Å². The molecule has 20 heavy (non-hydrogen) atoms. The lowest BCUT2D eigenvalue weighted by atomic mass is 10.0. The Kier molecular flexibility index (Phi) is 4.24. The van der Waals surface area contributed by atoms with Crippen molar-refractivity contribution < 1.29 is 4.74 Å². The van der Waals surface area contributed by atoms with Crippen molar-refractivity contribution in [2.75, 3.05) is 5.73 Å². The van der Waals surface area contributed by atoms with Gasteiger partial charge in [-0.2, -0.15) is 0 Å². The first-order valence-electron chi connectivity index (χ1n) is 6.72. The highest BCUT2D eigenvalue weighted by Gasteiger charge is 2.11. The maximum absolute atomic E-state index is 6.08. The van der Waals surface area contributed by atoms with E-state index in [0.29, 0.717) is 16.6 Å². The predicted octanol–water partition coefficient (Wildman–Crippen LogP) is 5.45. The summed E-state index contributed by atoms with van der Waals surface area (Å²) in [6.45, 7) is 8.33. The molecular formula is C17H20ClNO. The van der Waals surface area contributed by atoms with Crippen LogP contribution in [0.3, 0.4) is 0 Å². The Bertz CT molecular complexity index is 635. The van der Waals surface area contributed by atoms with Gasteiger partial charge in [0.15, 0.2) is 0 Å². The average Bonchev–Trinajstić information content (AvgIpc) is 2.35. The van der Waals surface area contributed by atoms with E-state index in [9.17, 15) is 0 Å². The second kappa shape index (κ2) is 5.76. The Morgan fingerprint density at radius 2 is 1.75 bits per heavy atom. The quantitative estimate of drug-likeness (QED) is 0.762. The summed E-state index contributed by atoms with van der Waals surface area (Å²) in [5, 5.41) is 0.518. The third kappa shape index (κ3) is 3.07. The number of hydrogen-bond donors (Lipinski definition) is 1. The molecule has 0 amide bonds. The largest absolute Gasteiger partial charge is 0.457 e. The van der Waals surface area contributed by atoms with Crippen LogP contribution in [0.25, 0.3) is 0 Å². The van der Waals surface area contributed by atoms with Crippen molar-refractivity contribution in [2.24, 2.45) is 0 Å². The Morgan fingerprint density at radius 1 is 1.05 bits per heavy atom. The molecule has 0 aliphatic carbocycles. The van der Waals surface area contributed by atoms with E-state index in [1.54, 1.807) is 6.07 Å². The molecule has 0 saturated carbocycles. The molecule has 0 fully saturated rings. The van der Waals surface area contributed by atoms with E-state index in [1.165, 1.54) is 11.1 Å². The summed E-state index contributed by atoms with van der Waals surface area (Å²) in [5.74, 6) is 2.02. The maximum atomic E-state index is 6.08. The van der Waals surface area contributed by atoms with Gasteiger partial charge in [-0.15, -0.1) is 0 Å². The number of benzene rings is 2. The number of halogens is 1. The molecule has 0 radical (unpaired) electrons. The first-order valence-corrected chi connectivity index (χ1v) is 7.10. The van der Waals surface area contributed by atoms with Gasteiger partial charge in [0.05, 0.1) is 10.7 Å². The van der Waals surface area contributed by atoms with Crippen LogP contribution in [0.4, 0.5) is 5.69 Å². The molecule has 0 unspecified atom stereocenters. The standard InChI is InChI=1S/C17H20ClNO/c1-10(2)13-6-5-11(3)7-17(13)20-16-9-14(18)15(19)8-12(16)4/h5-10H,19H2,1-4H3. The van der Waals surface area contributed by atoms with E-state index in [0.717, 1.165) is 17.1 Å². The first-order chi connectivity index (χ1) is 9.38. The van der Waals surface area contributed by atoms with Crippen LogP contribution in [0.5, 0.6) is 11.5 Å². The number of anilines is 1. The predicted molar refractivity (Wildman–Crippen MR) is 85.9 cm³/mol. The fraction of sp³-hybridized carbons (Fsp3) is 0.294. The Balaban J connectivity index is 2.44. The topological polar surface area (TPSA) is 35.2 Å². The summed E-state index contributed by atoms with van der Waals surface area (Å²) >= 11 is 6.08. The maximum Gasteiger partial charge on any atom is 0.131 e. The summed E-state index contributed by atoms with van der Waals surface area (Å²) < 4.78 is 6.08. The lowest BCUT2D eigenvalue weighted by Crippen LogP contribution is -1.97. The van der Waals surface area contributed by atoms with E-state index in [-0.39, 0.29) is 0 Å². The van der Waals surface area contributed by atoms with Gasteiger partial charge in [-0.3, -0.25) is 0 Å². The lowest BCUT2D eigenvalue weighted by Gasteiger charge is -2.16. The number of nitrogens with two attached hydrogens (primary N) is 1. The van der Waals surface area contributed by atoms with Crippen LogP contribution in [-0.2, 0) is 0 Å². The number of rotatable bonds is 3. The van der Waals surface area contributed by atoms with Crippen LogP contribution >= 0.6 is 11.6 Å². The van der Waals surface area contributed by atoms with Crippen molar-refractivity contribution in [3.63, 3.8) is 0 Å². The summed E-state index contributed by atoms with van der Waals surface area (Å²) in [4.78, 5) is 0. The molecule has 2 aromatic rings. The van der Waals surface area contributed by atoms with Crippen LogP contribution < -0.4 is 10.5 Å². The molecule has 3 heteroatoms. The van der Waals surface area contributed by atoms with E-state index in [4.69, 9.17) is 22.1 Å². The number of hydrogen-bond acceptors (Lipinski definition) is 2. The van der Waals surface area contributed by atoms with Crippen molar-refractivity contribution >= 4 is 17.3 Å². The van der Waals surface area contributed by atoms with Gasteiger partial charge in [-0.25, -0.2) is 0 Å². The van der Waals surface area contributed by atoms with Crippen molar-refractivity contribution in [1.29, 1.82) is 0 Å². The highest BCUT2D eigenvalue weighted by molar-refractivity contribution is 6.33.